The molecule has 0 saturated carbocycles. The summed E-state index contributed by atoms with van der Waals surface area (Å²) < 4.78 is 12.8. The monoisotopic (exact) mass is 377 g/mol. The molecule has 28 heavy (non-hydrogen) atoms. The molecule has 0 fully saturated rings. The number of benzene rings is 2. The first-order valence-corrected chi connectivity index (χ1v) is 9.21. The first-order chi connectivity index (χ1) is 13.7. The second-order valence-corrected chi connectivity index (χ2v) is 6.63. The van der Waals surface area contributed by atoms with E-state index in [0.717, 1.165) is 17.8 Å². The number of amides is 2. The minimum absolute atomic E-state index is 0.134. The molecule has 1 aromatic heterocycles. The summed E-state index contributed by atoms with van der Waals surface area (Å²) in [5.41, 5.74) is 2.86. The van der Waals surface area contributed by atoms with E-state index in [9.17, 15) is 4.79 Å². The van der Waals surface area contributed by atoms with Gasteiger partial charge in [-0.2, -0.15) is 0 Å². The zero-order valence-corrected chi connectivity index (χ0v) is 16.0. The molecule has 2 heterocycles. The van der Waals surface area contributed by atoms with E-state index in [1.807, 2.05) is 35.2 Å². The molecular weight excluding hydrogens is 354 g/mol. The summed E-state index contributed by atoms with van der Waals surface area (Å²) in [7, 11) is 3.16. The highest BCUT2D eigenvalue weighted by atomic mass is 16.5. The van der Waals surface area contributed by atoms with Crippen LogP contribution in [0.5, 0.6) is 11.5 Å². The van der Waals surface area contributed by atoms with Gasteiger partial charge in [-0.15, -0.1) is 0 Å². The van der Waals surface area contributed by atoms with Crippen molar-refractivity contribution in [1.82, 2.24) is 9.47 Å². The zero-order valence-electron chi connectivity index (χ0n) is 16.0. The van der Waals surface area contributed by atoms with E-state index >= 15 is 0 Å². The molecule has 144 valence electrons. The second kappa shape index (κ2) is 7.68. The summed E-state index contributed by atoms with van der Waals surface area (Å²) in [6.45, 7) is 1.39. The number of hydrogen-bond acceptors (Lipinski definition) is 3. The van der Waals surface area contributed by atoms with Crippen LogP contribution in [0.2, 0.25) is 0 Å². The van der Waals surface area contributed by atoms with Crippen LogP contribution in [-0.4, -0.2) is 36.3 Å². The molecule has 1 aliphatic rings. The van der Waals surface area contributed by atoms with Gasteiger partial charge in [-0.1, -0.05) is 30.3 Å². The number of ether oxygens (including phenoxy) is 2. The van der Waals surface area contributed by atoms with E-state index in [-0.39, 0.29) is 12.1 Å². The van der Waals surface area contributed by atoms with Crippen molar-refractivity contribution < 1.29 is 14.3 Å². The molecule has 2 amide bonds. The Morgan fingerprint density at radius 1 is 0.964 bits per heavy atom. The minimum Gasteiger partial charge on any atom is -0.493 e. The average molecular weight is 377 g/mol. The molecule has 0 saturated heterocycles. The van der Waals surface area contributed by atoms with Crippen LogP contribution in [0, 0.1) is 0 Å². The maximum absolute atomic E-state index is 13.2. The largest absolute Gasteiger partial charge is 0.493 e. The topological polar surface area (TPSA) is 55.7 Å². The van der Waals surface area contributed by atoms with E-state index in [1.165, 1.54) is 0 Å². The van der Waals surface area contributed by atoms with Crippen molar-refractivity contribution in [2.24, 2.45) is 0 Å². The van der Waals surface area contributed by atoms with Gasteiger partial charge in [0.1, 0.15) is 0 Å². The van der Waals surface area contributed by atoms with Crippen molar-refractivity contribution in [1.29, 1.82) is 0 Å². The zero-order chi connectivity index (χ0) is 19.5. The summed E-state index contributed by atoms with van der Waals surface area (Å²) >= 11 is 0. The van der Waals surface area contributed by atoms with Crippen LogP contribution in [0.25, 0.3) is 0 Å². The smallest absolute Gasteiger partial charge is 0.322 e. The molecule has 0 bridgehead atoms. The summed E-state index contributed by atoms with van der Waals surface area (Å²) in [6, 6.07) is 19.3. The summed E-state index contributed by atoms with van der Waals surface area (Å²) in [6.07, 6.45) is 2.06. The lowest BCUT2D eigenvalue weighted by molar-refractivity contribution is 0.182. The fraction of sp³-hybridized carbons (Fsp3) is 0.227. The number of aromatic nitrogens is 1. The van der Waals surface area contributed by atoms with Gasteiger partial charge in [-0.3, -0.25) is 0 Å². The molecule has 1 N–H and O–H groups in total. The summed E-state index contributed by atoms with van der Waals surface area (Å²) in [4.78, 5) is 15.0. The average Bonchev–Trinajstić information content (AvgIpc) is 3.22. The maximum atomic E-state index is 13.2. The lowest BCUT2D eigenvalue weighted by Gasteiger charge is -2.37. The number of carbonyl (C=O) groups excluding carboxylic acids is 1. The molecule has 0 spiro atoms. The van der Waals surface area contributed by atoms with Crippen LogP contribution >= 0.6 is 0 Å². The highest BCUT2D eigenvalue weighted by molar-refractivity contribution is 5.90. The SMILES string of the molecule is COc1ccc(NC(=O)N2CCn3cccc3C2c2ccccc2)cc1OC. The Morgan fingerprint density at radius 3 is 2.50 bits per heavy atom. The predicted octanol–water partition coefficient (Wildman–Crippen LogP) is 4.14. The second-order valence-electron chi connectivity index (χ2n) is 6.63. The lowest BCUT2D eigenvalue weighted by atomic mass is 10.0. The Hall–Kier alpha value is -3.41. The molecule has 2 aromatic carbocycles. The highest BCUT2D eigenvalue weighted by Gasteiger charge is 2.32. The van der Waals surface area contributed by atoms with Gasteiger partial charge in [0.05, 0.1) is 20.3 Å². The third-order valence-electron chi connectivity index (χ3n) is 5.05. The van der Waals surface area contributed by atoms with Crippen molar-refractivity contribution in [3.63, 3.8) is 0 Å². The number of anilines is 1. The molecule has 1 aliphatic heterocycles. The number of carbonyl (C=O) groups is 1. The van der Waals surface area contributed by atoms with Gasteiger partial charge >= 0.3 is 6.03 Å². The third kappa shape index (κ3) is 3.29. The van der Waals surface area contributed by atoms with Gasteiger partial charge in [-0.05, 0) is 29.8 Å². The number of nitrogens with zero attached hydrogens (tertiary/aromatic N) is 2. The van der Waals surface area contributed by atoms with E-state index < -0.39 is 0 Å². The lowest BCUT2D eigenvalue weighted by Crippen LogP contribution is -2.44. The van der Waals surface area contributed by atoms with Gasteiger partial charge in [0.25, 0.3) is 0 Å². The molecule has 4 rings (SSSR count). The Kier molecular flexibility index (Phi) is 4.93. The van der Waals surface area contributed by atoms with Crippen molar-refractivity contribution in [3.05, 3.63) is 78.1 Å². The summed E-state index contributed by atoms with van der Waals surface area (Å²) in [5.74, 6) is 1.20. The summed E-state index contributed by atoms with van der Waals surface area (Å²) in [5, 5.41) is 3.00. The quantitative estimate of drug-likeness (QED) is 0.743. The molecule has 3 aromatic rings. The highest BCUT2D eigenvalue weighted by Crippen LogP contribution is 2.34. The van der Waals surface area contributed by atoms with Crippen LogP contribution in [0.4, 0.5) is 10.5 Å². The molecule has 0 aliphatic carbocycles. The van der Waals surface area contributed by atoms with Gasteiger partial charge in [0, 0.05) is 36.7 Å². The van der Waals surface area contributed by atoms with Crippen LogP contribution < -0.4 is 14.8 Å². The molecule has 6 nitrogen and oxygen atoms in total. The number of urea groups is 1. The van der Waals surface area contributed by atoms with E-state index in [4.69, 9.17) is 9.47 Å². The van der Waals surface area contributed by atoms with Gasteiger partial charge in [0.2, 0.25) is 0 Å². The molecule has 6 heteroatoms. The number of methoxy groups -OCH3 is 2. The number of nitrogens with one attached hydrogen (secondary N) is 1. The Labute approximate surface area is 164 Å². The van der Waals surface area contributed by atoms with Crippen LogP contribution in [0.3, 0.4) is 0 Å². The maximum Gasteiger partial charge on any atom is 0.322 e. The standard InChI is InChI=1S/C22H23N3O3/c1-27-19-11-10-17(15-20(19)28-2)23-22(26)25-14-13-24-12-6-9-18(24)21(25)16-7-4-3-5-8-16/h3-12,15,21H,13-14H2,1-2H3,(H,23,26). The predicted molar refractivity (Wildman–Crippen MR) is 108 cm³/mol. The first kappa shape index (κ1) is 18.0. The number of hydrogen-bond donors (Lipinski definition) is 1. The van der Waals surface area contributed by atoms with Crippen molar-refractivity contribution in [3.8, 4) is 11.5 Å². The van der Waals surface area contributed by atoms with E-state index in [2.05, 4.69) is 34.3 Å². The van der Waals surface area contributed by atoms with E-state index in [0.29, 0.717) is 23.7 Å². The Balaban J connectivity index is 1.63. The third-order valence-corrected chi connectivity index (χ3v) is 5.05. The van der Waals surface area contributed by atoms with E-state index in [1.54, 1.807) is 26.4 Å². The Morgan fingerprint density at radius 2 is 1.75 bits per heavy atom. The van der Waals surface area contributed by atoms with Gasteiger partial charge < -0.3 is 24.3 Å². The number of rotatable bonds is 4. The van der Waals surface area contributed by atoms with Crippen molar-refractivity contribution in [2.45, 2.75) is 12.6 Å². The molecule has 1 unspecified atom stereocenters. The normalized spacial score (nSPS) is 15.6. The van der Waals surface area contributed by atoms with Crippen LogP contribution in [0.15, 0.2) is 66.9 Å². The first-order valence-electron chi connectivity index (χ1n) is 9.21. The van der Waals surface area contributed by atoms with Crippen LogP contribution in [-0.2, 0) is 6.54 Å². The van der Waals surface area contributed by atoms with Crippen molar-refractivity contribution >= 4 is 11.7 Å². The van der Waals surface area contributed by atoms with Crippen molar-refractivity contribution in [2.75, 3.05) is 26.1 Å². The molecular formula is C22H23N3O3. The number of fused-ring (bicyclic) bond motifs is 1. The fourth-order valence-electron chi connectivity index (χ4n) is 3.70. The Bertz CT molecular complexity index is 968. The molecule has 1 atom stereocenters. The molecule has 0 radical (unpaired) electrons. The minimum atomic E-state index is -0.145. The fourth-order valence-corrected chi connectivity index (χ4v) is 3.70. The van der Waals surface area contributed by atoms with Gasteiger partial charge in [-0.25, -0.2) is 4.79 Å². The van der Waals surface area contributed by atoms with Gasteiger partial charge in [0.15, 0.2) is 11.5 Å². The van der Waals surface area contributed by atoms with Crippen LogP contribution in [0.1, 0.15) is 17.3 Å².